The average molecular weight is 498 g/mol. The molecule has 1 saturated heterocycles. The number of carboxylic acids is 1. The zero-order valence-electron chi connectivity index (χ0n) is 16.5. The Morgan fingerprint density at radius 3 is 2.23 bits per heavy atom. The minimum atomic E-state index is -0.892. The van der Waals surface area contributed by atoms with E-state index in [0.29, 0.717) is 6.54 Å². The number of ether oxygens (including phenoxy) is 1. The number of fused-ring (bicyclic) bond motifs is 3. The van der Waals surface area contributed by atoms with Crippen LogP contribution >= 0.6 is 27.3 Å². The van der Waals surface area contributed by atoms with Crippen molar-refractivity contribution in [3.05, 3.63) is 80.5 Å². The fraction of sp³-hybridized carbons (Fsp3) is 0.250. The molecule has 0 bridgehead atoms. The fourth-order valence-electron chi connectivity index (χ4n) is 4.76. The number of hydrogen-bond donors (Lipinski definition) is 1. The molecule has 0 radical (unpaired) electrons. The highest BCUT2D eigenvalue weighted by molar-refractivity contribution is 9.10. The van der Waals surface area contributed by atoms with Gasteiger partial charge in [-0.25, -0.2) is 4.79 Å². The number of carbonyl (C=O) groups excluding carboxylic acids is 1. The number of carbonyl (C=O) groups is 2. The lowest BCUT2D eigenvalue weighted by Crippen LogP contribution is -2.31. The van der Waals surface area contributed by atoms with E-state index in [1.165, 1.54) is 27.4 Å². The Hall–Kier alpha value is -2.64. The summed E-state index contributed by atoms with van der Waals surface area (Å²) in [5.41, 5.74) is 5.59. The lowest BCUT2D eigenvalue weighted by molar-refractivity contribution is -0.141. The number of nitrogens with zero attached hydrogens (tertiary/aromatic N) is 1. The first-order valence-electron chi connectivity index (χ1n) is 10.1. The summed E-state index contributed by atoms with van der Waals surface area (Å²) in [6.07, 6.45) is -0.457. The third kappa shape index (κ3) is 3.55. The van der Waals surface area contributed by atoms with Crippen molar-refractivity contribution >= 4 is 39.3 Å². The quantitative estimate of drug-likeness (QED) is 0.512. The summed E-state index contributed by atoms with van der Waals surface area (Å²) in [7, 11) is 0. The maximum absolute atomic E-state index is 12.9. The summed E-state index contributed by atoms with van der Waals surface area (Å²) in [5.74, 6) is -1.81. The summed E-state index contributed by atoms with van der Waals surface area (Å²) >= 11 is 5.01. The van der Waals surface area contributed by atoms with E-state index in [0.717, 1.165) is 21.2 Å². The normalized spacial score (nSPS) is 19.8. The van der Waals surface area contributed by atoms with Gasteiger partial charge in [0.25, 0.3) is 0 Å². The molecule has 0 spiro atoms. The molecule has 2 unspecified atom stereocenters. The van der Waals surface area contributed by atoms with Crippen LogP contribution in [0.4, 0.5) is 4.79 Å². The molecule has 2 aliphatic rings. The first kappa shape index (κ1) is 20.3. The first-order chi connectivity index (χ1) is 15.0. The van der Waals surface area contributed by atoms with Gasteiger partial charge in [0.05, 0.1) is 5.92 Å². The SMILES string of the molecule is O=C(O)C1CN(C(=O)OCC2c3ccccc3-c3ccccc32)CC1c1cscc1Br. The number of thiophene rings is 1. The van der Waals surface area contributed by atoms with Crippen LogP contribution in [0.5, 0.6) is 0 Å². The molecule has 1 amide bonds. The van der Waals surface area contributed by atoms with Crippen LogP contribution in [0, 0.1) is 5.92 Å². The standard InChI is InChI=1S/C24H20BrNO4S/c25-22-13-31-12-21(22)18-9-26(10-19(18)23(27)28)24(29)30-11-20-16-7-3-1-5-14(16)15-6-2-4-8-17(15)20/h1-8,12-13,18-20H,9-11H2,(H,27,28). The highest BCUT2D eigenvalue weighted by Crippen LogP contribution is 2.45. The van der Waals surface area contributed by atoms with Crippen molar-refractivity contribution in [3.63, 3.8) is 0 Å². The molecule has 2 atom stereocenters. The lowest BCUT2D eigenvalue weighted by atomic mass is 9.91. The Balaban J connectivity index is 1.32. The minimum absolute atomic E-state index is 0.0176. The van der Waals surface area contributed by atoms with Crippen molar-refractivity contribution in [1.29, 1.82) is 0 Å². The Kier molecular flexibility index (Phi) is 5.32. The molecule has 2 aromatic carbocycles. The van der Waals surface area contributed by atoms with Crippen LogP contribution in [-0.2, 0) is 9.53 Å². The second-order valence-corrected chi connectivity index (χ2v) is 9.53. The number of amides is 1. The van der Waals surface area contributed by atoms with E-state index in [1.54, 1.807) is 0 Å². The van der Waals surface area contributed by atoms with E-state index in [1.807, 2.05) is 35.0 Å². The lowest BCUT2D eigenvalue weighted by Gasteiger charge is -2.19. The molecule has 3 aromatic rings. The third-order valence-electron chi connectivity index (χ3n) is 6.27. The van der Waals surface area contributed by atoms with Gasteiger partial charge < -0.3 is 14.7 Å². The largest absolute Gasteiger partial charge is 0.481 e. The molecule has 1 aliphatic heterocycles. The van der Waals surface area contributed by atoms with Crippen LogP contribution in [-0.4, -0.2) is 41.8 Å². The van der Waals surface area contributed by atoms with Gasteiger partial charge in [0.15, 0.2) is 0 Å². The fourth-order valence-corrected chi connectivity index (χ4v) is 6.42. The van der Waals surface area contributed by atoms with Crippen molar-refractivity contribution < 1.29 is 19.4 Å². The molecule has 31 heavy (non-hydrogen) atoms. The second kappa shape index (κ2) is 8.13. The zero-order chi connectivity index (χ0) is 21.5. The van der Waals surface area contributed by atoms with Gasteiger partial charge in [-0.1, -0.05) is 48.5 Å². The number of hydrogen-bond acceptors (Lipinski definition) is 4. The van der Waals surface area contributed by atoms with Gasteiger partial charge in [-0.15, -0.1) is 0 Å². The van der Waals surface area contributed by atoms with E-state index in [-0.39, 0.29) is 25.0 Å². The average Bonchev–Trinajstić information content (AvgIpc) is 3.47. The van der Waals surface area contributed by atoms with Gasteiger partial charge in [-0.05, 0) is 49.1 Å². The topological polar surface area (TPSA) is 66.8 Å². The maximum atomic E-state index is 12.9. The summed E-state index contributed by atoms with van der Waals surface area (Å²) in [6, 6.07) is 16.4. The predicted octanol–water partition coefficient (Wildman–Crippen LogP) is 5.56. The van der Waals surface area contributed by atoms with Crippen molar-refractivity contribution in [2.45, 2.75) is 11.8 Å². The van der Waals surface area contributed by atoms with Crippen LogP contribution in [0.2, 0.25) is 0 Å². The summed E-state index contributed by atoms with van der Waals surface area (Å²) in [6.45, 7) is 0.718. The molecule has 1 aliphatic carbocycles. The van der Waals surface area contributed by atoms with E-state index < -0.39 is 18.0 Å². The van der Waals surface area contributed by atoms with Crippen LogP contribution in [0.1, 0.15) is 28.5 Å². The predicted molar refractivity (Wildman–Crippen MR) is 123 cm³/mol. The molecule has 5 nitrogen and oxygen atoms in total. The van der Waals surface area contributed by atoms with Gasteiger partial charge in [-0.3, -0.25) is 4.79 Å². The van der Waals surface area contributed by atoms with E-state index >= 15 is 0 Å². The molecular formula is C24H20BrNO4S. The number of carboxylic acid groups (broad SMARTS) is 1. The number of halogens is 1. The molecular weight excluding hydrogens is 478 g/mol. The molecule has 7 heteroatoms. The van der Waals surface area contributed by atoms with Crippen molar-refractivity contribution in [2.75, 3.05) is 19.7 Å². The second-order valence-electron chi connectivity index (χ2n) is 7.94. The van der Waals surface area contributed by atoms with Crippen LogP contribution in [0.15, 0.2) is 63.8 Å². The van der Waals surface area contributed by atoms with E-state index in [4.69, 9.17) is 4.74 Å². The summed E-state index contributed by atoms with van der Waals surface area (Å²) in [4.78, 5) is 26.3. The number of aliphatic carboxylic acids is 1. The summed E-state index contributed by atoms with van der Waals surface area (Å²) < 4.78 is 6.62. The third-order valence-corrected chi connectivity index (χ3v) is 8.02. The van der Waals surface area contributed by atoms with Gasteiger partial charge in [0.1, 0.15) is 6.61 Å². The smallest absolute Gasteiger partial charge is 0.409 e. The Morgan fingerprint density at radius 2 is 1.65 bits per heavy atom. The summed E-state index contributed by atoms with van der Waals surface area (Å²) in [5, 5.41) is 13.6. The number of likely N-dealkylation sites (tertiary alicyclic amines) is 1. The Morgan fingerprint density at radius 1 is 1.00 bits per heavy atom. The molecule has 1 fully saturated rings. The Bertz CT molecular complexity index is 1110. The van der Waals surface area contributed by atoms with Gasteiger partial charge in [0.2, 0.25) is 0 Å². The maximum Gasteiger partial charge on any atom is 0.409 e. The van der Waals surface area contributed by atoms with Crippen LogP contribution in [0.3, 0.4) is 0 Å². The monoisotopic (exact) mass is 497 g/mol. The van der Waals surface area contributed by atoms with Gasteiger partial charge in [-0.2, -0.15) is 11.3 Å². The molecule has 1 aromatic heterocycles. The van der Waals surface area contributed by atoms with E-state index in [9.17, 15) is 14.7 Å². The van der Waals surface area contributed by atoms with Crippen molar-refractivity contribution in [3.8, 4) is 11.1 Å². The number of benzene rings is 2. The van der Waals surface area contributed by atoms with Crippen molar-refractivity contribution in [2.24, 2.45) is 5.92 Å². The highest BCUT2D eigenvalue weighted by atomic mass is 79.9. The molecule has 2 heterocycles. The van der Waals surface area contributed by atoms with Crippen LogP contribution < -0.4 is 0 Å². The molecule has 158 valence electrons. The van der Waals surface area contributed by atoms with E-state index in [2.05, 4.69) is 40.2 Å². The zero-order valence-corrected chi connectivity index (χ0v) is 18.9. The number of rotatable bonds is 4. The van der Waals surface area contributed by atoms with Gasteiger partial charge in [0, 0.05) is 34.8 Å². The van der Waals surface area contributed by atoms with Gasteiger partial charge >= 0.3 is 12.1 Å². The first-order valence-corrected chi connectivity index (χ1v) is 11.8. The van der Waals surface area contributed by atoms with Crippen molar-refractivity contribution in [1.82, 2.24) is 4.90 Å². The van der Waals surface area contributed by atoms with Crippen LogP contribution in [0.25, 0.3) is 11.1 Å². The molecule has 1 N–H and O–H groups in total. The minimum Gasteiger partial charge on any atom is -0.481 e. The molecule has 0 saturated carbocycles. The Labute approximate surface area is 192 Å². The molecule has 5 rings (SSSR count). The highest BCUT2D eigenvalue weighted by Gasteiger charge is 2.42.